The highest BCUT2D eigenvalue weighted by molar-refractivity contribution is 7.99. The fourth-order valence-corrected chi connectivity index (χ4v) is 4.32. The minimum Gasteiger partial charge on any atom is -0.353 e. The van der Waals surface area contributed by atoms with Crippen molar-refractivity contribution in [3.8, 4) is 22.5 Å². The molecule has 0 unspecified atom stereocenters. The number of carbonyl (C=O) groups is 1. The highest BCUT2D eigenvalue weighted by Crippen LogP contribution is 2.27. The lowest BCUT2D eigenvalue weighted by Crippen LogP contribution is -2.37. The van der Waals surface area contributed by atoms with Gasteiger partial charge < -0.3 is 5.32 Å². The Hall–Kier alpha value is -2.66. The summed E-state index contributed by atoms with van der Waals surface area (Å²) in [5.41, 5.74) is 3.82. The quantitative estimate of drug-likeness (QED) is 0.445. The highest BCUT2D eigenvalue weighted by Gasteiger charge is 2.16. The summed E-state index contributed by atoms with van der Waals surface area (Å²) in [5, 5.41) is 3.80. The van der Waals surface area contributed by atoms with Crippen LogP contribution in [0.3, 0.4) is 0 Å². The lowest BCUT2D eigenvalue weighted by Gasteiger charge is -2.22. The minimum atomic E-state index is 0.0666. The van der Waals surface area contributed by atoms with Crippen LogP contribution in [0.1, 0.15) is 32.1 Å². The van der Waals surface area contributed by atoms with Crippen LogP contribution in [0.15, 0.2) is 71.9 Å². The van der Waals surface area contributed by atoms with Crippen molar-refractivity contribution in [2.24, 2.45) is 0 Å². The molecule has 0 saturated heterocycles. The van der Waals surface area contributed by atoms with Gasteiger partial charge in [-0.1, -0.05) is 91.7 Å². The van der Waals surface area contributed by atoms with Crippen LogP contribution in [-0.4, -0.2) is 27.7 Å². The molecule has 1 aliphatic carbocycles. The van der Waals surface area contributed by atoms with E-state index in [1.54, 1.807) is 0 Å². The van der Waals surface area contributed by atoms with Crippen molar-refractivity contribution in [1.82, 2.24) is 15.3 Å². The molecule has 1 aliphatic rings. The Morgan fingerprint density at radius 1 is 0.862 bits per heavy atom. The van der Waals surface area contributed by atoms with Gasteiger partial charge in [0.15, 0.2) is 5.16 Å². The molecule has 5 heteroatoms. The third kappa shape index (κ3) is 5.45. The molecule has 4 nitrogen and oxygen atoms in total. The van der Waals surface area contributed by atoms with Gasteiger partial charge in [-0.2, -0.15) is 0 Å². The second-order valence-electron chi connectivity index (χ2n) is 7.34. The van der Waals surface area contributed by atoms with Crippen molar-refractivity contribution < 1.29 is 4.79 Å². The molecule has 148 valence electrons. The average Bonchev–Trinajstić information content (AvgIpc) is 2.79. The Morgan fingerprint density at radius 3 is 1.97 bits per heavy atom. The van der Waals surface area contributed by atoms with Crippen LogP contribution < -0.4 is 5.32 Å². The molecule has 0 radical (unpaired) electrons. The molecule has 0 atom stereocenters. The van der Waals surface area contributed by atoms with Gasteiger partial charge in [0.05, 0.1) is 17.1 Å². The van der Waals surface area contributed by atoms with Crippen LogP contribution in [0.2, 0.25) is 0 Å². The molecular weight excluding hydrogens is 378 g/mol. The van der Waals surface area contributed by atoms with Crippen molar-refractivity contribution in [1.29, 1.82) is 0 Å². The lowest BCUT2D eigenvalue weighted by molar-refractivity contribution is -0.119. The number of thioether (sulfide) groups is 1. The number of hydrogen-bond acceptors (Lipinski definition) is 4. The Balaban J connectivity index is 1.53. The van der Waals surface area contributed by atoms with Crippen LogP contribution in [0.5, 0.6) is 0 Å². The molecule has 0 aliphatic heterocycles. The number of hydrogen-bond donors (Lipinski definition) is 1. The molecule has 1 N–H and O–H groups in total. The second-order valence-corrected chi connectivity index (χ2v) is 8.29. The zero-order valence-electron chi connectivity index (χ0n) is 16.4. The summed E-state index contributed by atoms with van der Waals surface area (Å²) in [6.07, 6.45) is 5.88. The molecule has 1 heterocycles. The Labute approximate surface area is 176 Å². The summed E-state index contributed by atoms with van der Waals surface area (Å²) in [6.45, 7) is 0. The van der Waals surface area contributed by atoms with Crippen molar-refractivity contribution in [2.45, 2.75) is 43.3 Å². The van der Waals surface area contributed by atoms with Gasteiger partial charge in [-0.15, -0.1) is 0 Å². The number of nitrogens with zero attached hydrogens (tertiary/aromatic N) is 2. The monoisotopic (exact) mass is 403 g/mol. The van der Waals surface area contributed by atoms with E-state index in [1.807, 2.05) is 66.7 Å². The van der Waals surface area contributed by atoms with E-state index in [1.165, 1.54) is 31.0 Å². The van der Waals surface area contributed by atoms with Crippen molar-refractivity contribution in [2.75, 3.05) is 5.75 Å². The summed E-state index contributed by atoms with van der Waals surface area (Å²) >= 11 is 1.40. The van der Waals surface area contributed by atoms with Gasteiger partial charge in [-0.3, -0.25) is 4.79 Å². The van der Waals surface area contributed by atoms with E-state index < -0.39 is 0 Å². The van der Waals surface area contributed by atoms with Gasteiger partial charge in [-0.05, 0) is 18.9 Å². The molecular formula is C24H25N3OS. The first-order valence-corrected chi connectivity index (χ1v) is 11.2. The lowest BCUT2D eigenvalue weighted by atomic mass is 9.95. The van der Waals surface area contributed by atoms with E-state index in [9.17, 15) is 4.79 Å². The van der Waals surface area contributed by atoms with Crippen molar-refractivity contribution >= 4 is 17.7 Å². The van der Waals surface area contributed by atoms with E-state index in [4.69, 9.17) is 9.97 Å². The third-order valence-electron chi connectivity index (χ3n) is 5.15. The molecule has 3 aromatic rings. The Kier molecular flexibility index (Phi) is 6.57. The van der Waals surface area contributed by atoms with Gasteiger partial charge >= 0.3 is 0 Å². The smallest absolute Gasteiger partial charge is 0.230 e. The van der Waals surface area contributed by atoms with Crippen molar-refractivity contribution in [3.63, 3.8) is 0 Å². The Morgan fingerprint density at radius 2 is 1.41 bits per heavy atom. The SMILES string of the molecule is O=C(CSc1nc(-c2ccccc2)cc(-c2ccccc2)n1)NC1CCCCC1. The highest BCUT2D eigenvalue weighted by atomic mass is 32.2. The van der Waals surface area contributed by atoms with E-state index in [-0.39, 0.29) is 5.91 Å². The molecule has 0 bridgehead atoms. The second kappa shape index (κ2) is 9.70. The average molecular weight is 404 g/mol. The normalized spacial score (nSPS) is 14.5. The van der Waals surface area contributed by atoms with E-state index in [0.29, 0.717) is 17.0 Å². The van der Waals surface area contributed by atoms with Crippen LogP contribution in [0.25, 0.3) is 22.5 Å². The van der Waals surface area contributed by atoms with Gasteiger partial charge in [0.25, 0.3) is 0 Å². The molecule has 4 rings (SSSR count). The summed E-state index contributed by atoms with van der Waals surface area (Å²) in [7, 11) is 0. The van der Waals surface area contributed by atoms with E-state index in [2.05, 4.69) is 5.32 Å². The largest absolute Gasteiger partial charge is 0.353 e. The summed E-state index contributed by atoms with van der Waals surface area (Å²) in [4.78, 5) is 21.8. The number of amides is 1. The summed E-state index contributed by atoms with van der Waals surface area (Å²) in [5.74, 6) is 0.403. The van der Waals surface area contributed by atoms with Gasteiger partial charge in [0, 0.05) is 17.2 Å². The predicted octanol–water partition coefficient (Wildman–Crippen LogP) is 5.35. The summed E-state index contributed by atoms with van der Waals surface area (Å²) < 4.78 is 0. The number of benzene rings is 2. The maximum Gasteiger partial charge on any atom is 0.230 e. The molecule has 2 aromatic carbocycles. The maximum absolute atomic E-state index is 12.4. The molecule has 1 aromatic heterocycles. The molecule has 1 fully saturated rings. The molecule has 29 heavy (non-hydrogen) atoms. The van der Waals surface area contributed by atoms with Gasteiger partial charge in [-0.25, -0.2) is 9.97 Å². The molecule has 1 amide bonds. The van der Waals surface area contributed by atoms with Crippen LogP contribution in [-0.2, 0) is 4.79 Å². The fourth-order valence-electron chi connectivity index (χ4n) is 3.65. The van der Waals surface area contributed by atoms with E-state index in [0.717, 1.165) is 35.4 Å². The Bertz CT molecular complexity index is 883. The topological polar surface area (TPSA) is 54.9 Å². The molecule has 1 saturated carbocycles. The van der Waals surface area contributed by atoms with Crippen molar-refractivity contribution in [3.05, 3.63) is 66.7 Å². The zero-order chi connectivity index (χ0) is 19.9. The number of rotatable bonds is 6. The summed E-state index contributed by atoms with van der Waals surface area (Å²) in [6, 6.07) is 22.5. The first-order chi connectivity index (χ1) is 14.3. The standard InChI is InChI=1S/C24H25N3OS/c28-23(25-20-14-8-3-9-15-20)17-29-24-26-21(18-10-4-1-5-11-18)16-22(27-24)19-12-6-2-7-13-19/h1-2,4-7,10-13,16,20H,3,8-9,14-15,17H2,(H,25,28). The minimum absolute atomic E-state index is 0.0666. The molecule has 0 spiro atoms. The number of carbonyl (C=O) groups excluding carboxylic acids is 1. The zero-order valence-corrected chi connectivity index (χ0v) is 17.2. The van der Waals surface area contributed by atoms with Crippen LogP contribution >= 0.6 is 11.8 Å². The third-order valence-corrected chi connectivity index (χ3v) is 5.99. The van der Waals surface area contributed by atoms with Gasteiger partial charge in [0.1, 0.15) is 0 Å². The number of aromatic nitrogens is 2. The first-order valence-electron chi connectivity index (χ1n) is 10.2. The number of nitrogens with one attached hydrogen (secondary N) is 1. The fraction of sp³-hybridized carbons (Fsp3) is 0.292. The first kappa shape index (κ1) is 19.6. The van der Waals surface area contributed by atoms with Crippen LogP contribution in [0.4, 0.5) is 0 Å². The maximum atomic E-state index is 12.4. The predicted molar refractivity (Wildman–Crippen MR) is 119 cm³/mol. The van der Waals surface area contributed by atoms with Gasteiger partial charge in [0.2, 0.25) is 5.91 Å². The van der Waals surface area contributed by atoms with E-state index >= 15 is 0 Å². The van der Waals surface area contributed by atoms with Crippen LogP contribution in [0, 0.1) is 0 Å².